The normalized spacial score (nSPS) is 13.3. The number of methoxy groups -OCH3 is 1. The first-order chi connectivity index (χ1) is 21.8. The van der Waals surface area contributed by atoms with Crippen molar-refractivity contribution in [2.45, 2.75) is 54.4 Å². The zero-order chi connectivity index (χ0) is 33.7. The summed E-state index contributed by atoms with van der Waals surface area (Å²) in [5.74, 6) is 0.105. The number of hydrogen-bond acceptors (Lipinski definition) is 8. The predicted octanol–water partition coefficient (Wildman–Crippen LogP) is 3.69. The van der Waals surface area contributed by atoms with Gasteiger partial charge in [0.15, 0.2) is 0 Å². The van der Waals surface area contributed by atoms with E-state index < -0.39 is 32.1 Å². The Bertz CT molecular complexity index is 1720. The van der Waals surface area contributed by atoms with Gasteiger partial charge in [-0.2, -0.15) is 0 Å². The van der Waals surface area contributed by atoms with E-state index in [1.807, 2.05) is 0 Å². The number of hydrogen-bond donors (Lipinski definition) is 5. The number of nitrogens with one attached hydrogen (secondary N) is 4. The molecule has 5 amide bonds. The Hall–Kier alpha value is -4.34. The van der Waals surface area contributed by atoms with Crippen molar-refractivity contribution in [2.75, 3.05) is 13.7 Å². The van der Waals surface area contributed by atoms with Crippen molar-refractivity contribution in [2.24, 2.45) is 5.73 Å². The number of ether oxygens (including phenoxy) is 1. The molecule has 46 heavy (non-hydrogen) atoms. The highest BCUT2D eigenvalue weighted by molar-refractivity contribution is 7.90. The second kappa shape index (κ2) is 16.8. The summed E-state index contributed by atoms with van der Waals surface area (Å²) < 4.78 is 56.4. The second-order valence-corrected chi connectivity index (χ2v) is 14.0. The maximum atomic E-state index is 12.5. The van der Waals surface area contributed by atoms with Crippen molar-refractivity contribution in [1.29, 1.82) is 0 Å². The first-order valence-corrected chi connectivity index (χ1v) is 17.6. The predicted molar refractivity (Wildman–Crippen MR) is 173 cm³/mol. The van der Waals surface area contributed by atoms with Gasteiger partial charge >= 0.3 is 12.1 Å². The van der Waals surface area contributed by atoms with Crippen LogP contribution in [-0.4, -0.2) is 54.5 Å². The van der Waals surface area contributed by atoms with Crippen LogP contribution < -0.4 is 30.5 Å². The van der Waals surface area contributed by atoms with Crippen LogP contribution in [-0.2, 0) is 26.5 Å². The monoisotopic (exact) mass is 693 g/mol. The molecule has 4 rings (SSSR count). The summed E-state index contributed by atoms with van der Waals surface area (Å²) in [7, 11) is -6.27. The Balaban J connectivity index is 0.000000370. The van der Waals surface area contributed by atoms with Gasteiger partial charge in [-0.05, 0) is 67.3 Å². The van der Waals surface area contributed by atoms with Crippen LogP contribution in [0.15, 0.2) is 82.6 Å². The van der Waals surface area contributed by atoms with Crippen molar-refractivity contribution in [3.05, 3.63) is 88.9 Å². The zero-order valence-corrected chi connectivity index (χ0v) is 27.4. The van der Waals surface area contributed by atoms with Gasteiger partial charge in [-0.3, -0.25) is 4.79 Å². The molecule has 0 heterocycles. The molecule has 1 fully saturated rings. The average Bonchev–Trinajstić information content (AvgIpc) is 3.01. The molecule has 3 aromatic carbocycles. The van der Waals surface area contributed by atoms with Gasteiger partial charge in [0.25, 0.3) is 26.0 Å². The molecule has 1 aliphatic carbocycles. The fourth-order valence-electron chi connectivity index (χ4n) is 4.54. The van der Waals surface area contributed by atoms with Gasteiger partial charge in [0.1, 0.15) is 5.75 Å². The molecule has 0 spiro atoms. The van der Waals surface area contributed by atoms with E-state index in [9.17, 15) is 31.2 Å². The second-order valence-electron chi connectivity index (χ2n) is 10.2. The lowest BCUT2D eigenvalue weighted by Gasteiger charge is -2.22. The highest BCUT2D eigenvalue weighted by atomic mass is 35.5. The Labute approximate surface area is 273 Å². The third kappa shape index (κ3) is 11.2. The van der Waals surface area contributed by atoms with E-state index in [-0.39, 0.29) is 21.7 Å². The SMILES string of the molecule is COc1ccc(Cl)cc1C(=O)NCCc1ccc(S(=O)(=O)NC(=O)NC2CCCCC2)cc1.NC(=O)NS(=O)(=O)c1ccccc1. The minimum atomic E-state index is -3.97. The van der Waals surface area contributed by atoms with E-state index in [2.05, 4.69) is 21.1 Å². The average molecular weight is 694 g/mol. The minimum absolute atomic E-state index is 0.00209. The number of carbonyl (C=O) groups is 3. The number of primary amides is 1. The number of urea groups is 2. The number of benzene rings is 3. The van der Waals surface area contributed by atoms with Crippen molar-refractivity contribution in [1.82, 2.24) is 20.1 Å². The maximum Gasteiger partial charge on any atom is 0.328 e. The molecular formula is C30H36ClN5O8S2. The molecule has 6 N–H and O–H groups in total. The molecule has 0 unspecified atom stereocenters. The molecule has 3 aromatic rings. The summed E-state index contributed by atoms with van der Waals surface area (Å²) in [4.78, 5) is 34.8. The highest BCUT2D eigenvalue weighted by Crippen LogP contribution is 2.22. The first kappa shape index (κ1) is 36.1. The van der Waals surface area contributed by atoms with Crippen LogP contribution in [0.5, 0.6) is 5.75 Å². The highest BCUT2D eigenvalue weighted by Gasteiger charge is 2.21. The Morgan fingerprint density at radius 2 is 1.46 bits per heavy atom. The number of amides is 5. The Kier molecular flexibility index (Phi) is 13.2. The standard InChI is InChI=1S/C23H28ClN3O5S.C7H8N2O3S/c1-32-21-12-9-17(24)15-20(21)22(28)25-14-13-16-7-10-19(11-8-16)33(30,31)27-23(29)26-18-5-3-2-4-6-18;8-7(10)9-13(11,12)6-4-2-1-3-5-6/h7-12,15,18H,2-6,13-14H2,1H3,(H,25,28)(H2,26,27,29);1-5H,(H3,8,9,10). The summed E-state index contributed by atoms with van der Waals surface area (Å²) in [5, 5.41) is 5.96. The van der Waals surface area contributed by atoms with E-state index >= 15 is 0 Å². The van der Waals surface area contributed by atoms with Gasteiger partial charge in [-0.25, -0.2) is 35.9 Å². The van der Waals surface area contributed by atoms with Crippen LogP contribution in [0.25, 0.3) is 0 Å². The summed E-state index contributed by atoms with van der Waals surface area (Å²) >= 11 is 5.96. The van der Waals surface area contributed by atoms with Crippen molar-refractivity contribution < 1.29 is 36.0 Å². The Morgan fingerprint density at radius 1 is 0.848 bits per heavy atom. The topological polar surface area (TPSA) is 203 Å². The Morgan fingerprint density at radius 3 is 2.07 bits per heavy atom. The molecular weight excluding hydrogens is 658 g/mol. The van der Waals surface area contributed by atoms with Gasteiger partial charge in [-0.1, -0.05) is 61.2 Å². The van der Waals surface area contributed by atoms with E-state index in [1.165, 1.54) is 37.4 Å². The lowest BCUT2D eigenvalue weighted by molar-refractivity contribution is 0.0951. The lowest BCUT2D eigenvalue weighted by Crippen LogP contribution is -2.45. The molecule has 13 nitrogen and oxygen atoms in total. The van der Waals surface area contributed by atoms with Crippen LogP contribution in [0, 0.1) is 0 Å². The van der Waals surface area contributed by atoms with Crippen LogP contribution in [0.1, 0.15) is 48.0 Å². The molecule has 0 aliphatic heterocycles. The minimum Gasteiger partial charge on any atom is -0.496 e. The van der Waals surface area contributed by atoms with Crippen molar-refractivity contribution >= 4 is 49.6 Å². The largest absolute Gasteiger partial charge is 0.496 e. The van der Waals surface area contributed by atoms with E-state index in [0.717, 1.165) is 37.7 Å². The molecule has 248 valence electrons. The van der Waals surface area contributed by atoms with E-state index in [0.29, 0.717) is 29.3 Å². The number of sulfonamides is 2. The lowest BCUT2D eigenvalue weighted by atomic mass is 9.96. The number of rotatable bonds is 10. The molecule has 0 bridgehead atoms. The summed E-state index contributed by atoms with van der Waals surface area (Å²) in [5.41, 5.74) is 5.86. The van der Waals surface area contributed by atoms with E-state index in [4.69, 9.17) is 16.3 Å². The van der Waals surface area contributed by atoms with Crippen LogP contribution in [0.3, 0.4) is 0 Å². The summed E-state index contributed by atoms with van der Waals surface area (Å²) in [6.45, 7) is 0.336. The van der Waals surface area contributed by atoms with Crippen molar-refractivity contribution in [3.63, 3.8) is 0 Å². The summed E-state index contributed by atoms with van der Waals surface area (Å²) in [6.07, 6.45) is 5.43. The van der Waals surface area contributed by atoms with Crippen LogP contribution >= 0.6 is 11.6 Å². The first-order valence-electron chi connectivity index (χ1n) is 14.2. The number of nitrogens with two attached hydrogens (primary N) is 1. The van der Waals surface area contributed by atoms with Crippen LogP contribution in [0.4, 0.5) is 9.59 Å². The molecule has 0 radical (unpaired) electrons. The van der Waals surface area contributed by atoms with Crippen LogP contribution in [0.2, 0.25) is 5.02 Å². The molecule has 0 saturated heterocycles. The van der Waals surface area contributed by atoms with Gasteiger partial charge < -0.3 is 21.1 Å². The maximum absolute atomic E-state index is 12.5. The molecule has 1 saturated carbocycles. The molecule has 0 aromatic heterocycles. The quantitative estimate of drug-likeness (QED) is 0.211. The van der Waals surface area contributed by atoms with Gasteiger partial charge in [-0.15, -0.1) is 0 Å². The van der Waals surface area contributed by atoms with Gasteiger partial charge in [0.2, 0.25) is 0 Å². The third-order valence-electron chi connectivity index (χ3n) is 6.79. The third-order valence-corrected chi connectivity index (χ3v) is 9.74. The number of carbonyl (C=O) groups excluding carboxylic acids is 3. The van der Waals surface area contributed by atoms with Gasteiger partial charge in [0.05, 0.1) is 22.5 Å². The molecule has 1 aliphatic rings. The molecule has 16 heteroatoms. The molecule has 0 atom stereocenters. The zero-order valence-electron chi connectivity index (χ0n) is 25.0. The summed E-state index contributed by atoms with van der Waals surface area (Å²) in [6, 6.07) is 16.7. The fraction of sp³-hybridized carbons (Fsp3) is 0.300. The smallest absolute Gasteiger partial charge is 0.328 e. The van der Waals surface area contributed by atoms with Gasteiger partial charge in [0, 0.05) is 17.6 Å². The van der Waals surface area contributed by atoms with Crippen molar-refractivity contribution in [3.8, 4) is 5.75 Å². The fourth-order valence-corrected chi connectivity index (χ4v) is 6.53. The van der Waals surface area contributed by atoms with E-state index in [1.54, 1.807) is 47.2 Å². The number of halogens is 1.